The molecule has 0 radical (unpaired) electrons. The van der Waals surface area contributed by atoms with E-state index in [2.05, 4.69) is 10.3 Å². The first kappa shape index (κ1) is 15.6. The molecule has 2 atom stereocenters. The van der Waals surface area contributed by atoms with Crippen LogP contribution in [0, 0.1) is 17.3 Å². The van der Waals surface area contributed by atoms with E-state index in [9.17, 15) is 9.59 Å². The number of carbonyl (C=O) groups excluding carboxylic acids is 2. The predicted molar refractivity (Wildman–Crippen MR) is 89.8 cm³/mol. The minimum absolute atomic E-state index is 0.0661. The number of amides is 2. The number of hydrogen-bond acceptors (Lipinski definition) is 3. The molecular formula is C19H25N3O2. The Labute approximate surface area is 142 Å². The first-order valence-electron chi connectivity index (χ1n) is 9.13. The number of aromatic nitrogens is 1. The van der Waals surface area contributed by atoms with Gasteiger partial charge in [-0.3, -0.25) is 14.6 Å². The van der Waals surface area contributed by atoms with Gasteiger partial charge in [0.2, 0.25) is 11.8 Å². The molecule has 5 heteroatoms. The van der Waals surface area contributed by atoms with E-state index in [0.29, 0.717) is 12.5 Å². The maximum Gasteiger partial charge on any atom is 0.225 e. The number of nitrogens with zero attached hydrogens (tertiary/aromatic N) is 2. The maximum absolute atomic E-state index is 12.6. The quantitative estimate of drug-likeness (QED) is 0.921. The Balaban J connectivity index is 1.29. The lowest BCUT2D eigenvalue weighted by Crippen LogP contribution is -2.34. The highest BCUT2D eigenvalue weighted by atomic mass is 16.2. The Kier molecular flexibility index (Phi) is 4.02. The first-order chi connectivity index (χ1) is 11.7. The van der Waals surface area contributed by atoms with Gasteiger partial charge in [-0.15, -0.1) is 0 Å². The number of likely N-dealkylation sites (tertiary alicyclic amines) is 1. The van der Waals surface area contributed by atoms with Gasteiger partial charge >= 0.3 is 0 Å². The van der Waals surface area contributed by atoms with Crippen molar-refractivity contribution < 1.29 is 9.59 Å². The molecule has 2 amide bonds. The summed E-state index contributed by atoms with van der Waals surface area (Å²) in [6.45, 7) is 2.18. The standard InChI is InChI=1S/C19H25N3O2/c23-17(21-12-14-5-8-20-9-6-14)16-11-19(16)7-10-22(13-19)18(24)15-3-1-2-4-15/h5-6,8-9,15-16H,1-4,7,10-13H2,(H,21,23)/t16-,19+/m1/s1. The molecule has 1 N–H and O–H groups in total. The van der Waals surface area contributed by atoms with Crippen LogP contribution >= 0.6 is 0 Å². The minimum Gasteiger partial charge on any atom is -0.352 e. The predicted octanol–water partition coefficient (Wildman–Crippen LogP) is 2.13. The maximum atomic E-state index is 12.6. The molecule has 3 aliphatic rings. The van der Waals surface area contributed by atoms with Gasteiger partial charge in [0.05, 0.1) is 0 Å². The average molecular weight is 327 g/mol. The van der Waals surface area contributed by atoms with Crippen LogP contribution in [-0.2, 0) is 16.1 Å². The van der Waals surface area contributed by atoms with Gasteiger partial charge in [-0.1, -0.05) is 12.8 Å². The lowest BCUT2D eigenvalue weighted by atomic mass is 10.0. The van der Waals surface area contributed by atoms with Crippen molar-refractivity contribution in [3.8, 4) is 0 Å². The topological polar surface area (TPSA) is 62.3 Å². The van der Waals surface area contributed by atoms with Crippen LogP contribution in [0.15, 0.2) is 24.5 Å². The smallest absolute Gasteiger partial charge is 0.225 e. The molecule has 1 spiro atoms. The molecule has 2 aliphatic carbocycles. The number of pyridine rings is 1. The largest absolute Gasteiger partial charge is 0.352 e. The molecule has 0 aromatic carbocycles. The molecule has 1 aromatic heterocycles. The van der Waals surface area contributed by atoms with E-state index < -0.39 is 0 Å². The molecule has 24 heavy (non-hydrogen) atoms. The van der Waals surface area contributed by atoms with E-state index in [1.165, 1.54) is 12.8 Å². The van der Waals surface area contributed by atoms with Crippen LogP contribution in [0.1, 0.15) is 44.1 Å². The van der Waals surface area contributed by atoms with Crippen molar-refractivity contribution in [3.05, 3.63) is 30.1 Å². The van der Waals surface area contributed by atoms with Crippen molar-refractivity contribution >= 4 is 11.8 Å². The van der Waals surface area contributed by atoms with E-state index in [1.807, 2.05) is 17.0 Å². The highest BCUT2D eigenvalue weighted by Crippen LogP contribution is 2.58. The van der Waals surface area contributed by atoms with Crippen molar-refractivity contribution in [2.24, 2.45) is 17.3 Å². The summed E-state index contributed by atoms with van der Waals surface area (Å²) in [6.07, 6.45) is 9.89. The second kappa shape index (κ2) is 6.19. The molecule has 128 valence electrons. The monoisotopic (exact) mass is 327 g/mol. The van der Waals surface area contributed by atoms with Gasteiger partial charge in [0.15, 0.2) is 0 Å². The van der Waals surface area contributed by atoms with Gasteiger partial charge in [-0.05, 0) is 43.4 Å². The summed E-state index contributed by atoms with van der Waals surface area (Å²) in [5.74, 6) is 0.813. The van der Waals surface area contributed by atoms with Crippen LogP contribution in [0.4, 0.5) is 0 Å². The van der Waals surface area contributed by atoms with Crippen LogP contribution in [-0.4, -0.2) is 34.8 Å². The lowest BCUT2D eigenvalue weighted by Gasteiger charge is -2.20. The van der Waals surface area contributed by atoms with Gasteiger partial charge in [0.1, 0.15) is 0 Å². The van der Waals surface area contributed by atoms with Crippen LogP contribution < -0.4 is 5.32 Å². The number of rotatable bonds is 4. The van der Waals surface area contributed by atoms with Gasteiger partial charge in [-0.2, -0.15) is 0 Å². The molecule has 3 fully saturated rings. The zero-order valence-corrected chi connectivity index (χ0v) is 14.0. The fourth-order valence-corrected chi connectivity index (χ4v) is 4.50. The number of nitrogens with one attached hydrogen (secondary N) is 1. The zero-order chi connectivity index (χ0) is 16.6. The summed E-state index contributed by atoms with van der Waals surface area (Å²) in [5, 5.41) is 3.04. The molecule has 2 saturated carbocycles. The zero-order valence-electron chi connectivity index (χ0n) is 14.0. The van der Waals surface area contributed by atoms with Crippen molar-refractivity contribution in [1.29, 1.82) is 0 Å². The van der Waals surface area contributed by atoms with E-state index in [4.69, 9.17) is 0 Å². The molecular weight excluding hydrogens is 302 g/mol. The highest BCUT2D eigenvalue weighted by Gasteiger charge is 2.61. The Morgan fingerprint density at radius 2 is 2.00 bits per heavy atom. The summed E-state index contributed by atoms with van der Waals surface area (Å²) < 4.78 is 0. The van der Waals surface area contributed by atoms with E-state index in [-0.39, 0.29) is 23.2 Å². The van der Waals surface area contributed by atoms with E-state index in [1.54, 1.807) is 12.4 Å². The first-order valence-corrected chi connectivity index (χ1v) is 9.13. The molecule has 1 aromatic rings. The van der Waals surface area contributed by atoms with Crippen molar-refractivity contribution in [1.82, 2.24) is 15.2 Å². The average Bonchev–Trinajstić information content (AvgIpc) is 2.98. The Bertz CT molecular complexity index is 627. The third kappa shape index (κ3) is 2.92. The molecule has 4 rings (SSSR count). The summed E-state index contributed by atoms with van der Waals surface area (Å²) in [6, 6.07) is 3.83. The third-order valence-corrected chi connectivity index (χ3v) is 6.12. The third-order valence-electron chi connectivity index (χ3n) is 6.12. The molecule has 0 bridgehead atoms. The van der Waals surface area contributed by atoms with Crippen LogP contribution in [0.25, 0.3) is 0 Å². The van der Waals surface area contributed by atoms with Crippen LogP contribution in [0.5, 0.6) is 0 Å². The lowest BCUT2D eigenvalue weighted by molar-refractivity contribution is -0.134. The van der Waals surface area contributed by atoms with Gasteiger partial charge in [0.25, 0.3) is 0 Å². The van der Waals surface area contributed by atoms with Gasteiger partial charge in [0, 0.05) is 49.3 Å². The second-order valence-corrected chi connectivity index (χ2v) is 7.68. The van der Waals surface area contributed by atoms with Gasteiger partial charge < -0.3 is 10.2 Å². The Morgan fingerprint density at radius 3 is 2.75 bits per heavy atom. The Hall–Kier alpha value is -1.91. The Morgan fingerprint density at radius 1 is 1.25 bits per heavy atom. The highest BCUT2D eigenvalue weighted by molar-refractivity contribution is 5.84. The normalized spacial score (nSPS) is 29.2. The second-order valence-electron chi connectivity index (χ2n) is 7.68. The van der Waals surface area contributed by atoms with E-state index in [0.717, 1.165) is 44.3 Å². The number of carbonyl (C=O) groups is 2. The summed E-state index contributed by atoms with van der Waals surface area (Å²) in [7, 11) is 0. The fourth-order valence-electron chi connectivity index (χ4n) is 4.50. The SMILES string of the molecule is O=C(NCc1ccncc1)[C@H]1C[C@]12CCN(C(=O)C1CCCC1)C2. The minimum atomic E-state index is 0.0661. The molecule has 2 heterocycles. The van der Waals surface area contributed by atoms with Crippen LogP contribution in [0.3, 0.4) is 0 Å². The fraction of sp³-hybridized carbons (Fsp3) is 0.632. The van der Waals surface area contributed by atoms with Crippen molar-refractivity contribution in [3.63, 3.8) is 0 Å². The molecule has 5 nitrogen and oxygen atoms in total. The molecule has 1 saturated heterocycles. The molecule has 1 aliphatic heterocycles. The number of hydrogen-bond donors (Lipinski definition) is 1. The summed E-state index contributed by atoms with van der Waals surface area (Å²) >= 11 is 0. The van der Waals surface area contributed by atoms with Crippen LogP contribution in [0.2, 0.25) is 0 Å². The van der Waals surface area contributed by atoms with Crippen molar-refractivity contribution in [2.75, 3.05) is 13.1 Å². The summed E-state index contributed by atoms with van der Waals surface area (Å²) in [4.78, 5) is 31.0. The van der Waals surface area contributed by atoms with Gasteiger partial charge in [-0.25, -0.2) is 0 Å². The van der Waals surface area contributed by atoms with E-state index >= 15 is 0 Å². The molecule has 0 unspecified atom stereocenters. The summed E-state index contributed by atoms with van der Waals surface area (Å²) in [5.41, 5.74) is 1.13. The van der Waals surface area contributed by atoms with Crippen molar-refractivity contribution in [2.45, 2.75) is 45.1 Å².